The van der Waals surface area contributed by atoms with Crippen LogP contribution in [0, 0.1) is 29.1 Å². The van der Waals surface area contributed by atoms with E-state index in [9.17, 15) is 4.79 Å². The molecule has 4 heteroatoms. The Balaban J connectivity index is 1.89. The monoisotopic (exact) mass is 236 g/mol. The molecule has 0 aromatic heterocycles. The molecule has 0 aromatic rings. The van der Waals surface area contributed by atoms with Crippen LogP contribution >= 0.6 is 0 Å². The molecule has 4 nitrogen and oxygen atoms in total. The van der Waals surface area contributed by atoms with Gasteiger partial charge in [-0.05, 0) is 45.4 Å². The Bertz CT molecular complexity index is 339. The summed E-state index contributed by atoms with van der Waals surface area (Å²) < 4.78 is 5.36. The highest BCUT2D eigenvalue weighted by molar-refractivity contribution is 5.68. The molecule has 94 valence electrons. The molecule has 1 saturated carbocycles. The fraction of sp³-hybridized carbons (Fsp3) is 0.846. The highest BCUT2D eigenvalue weighted by atomic mass is 16.6. The molecular weight excluding hydrogens is 216 g/mol. The Morgan fingerprint density at radius 2 is 1.82 bits per heavy atom. The van der Waals surface area contributed by atoms with Gasteiger partial charge in [0.05, 0.1) is 6.07 Å². The van der Waals surface area contributed by atoms with E-state index in [1.54, 1.807) is 4.90 Å². The van der Waals surface area contributed by atoms with Crippen molar-refractivity contribution in [3.8, 4) is 6.07 Å². The molecule has 0 radical (unpaired) electrons. The molecule has 2 fully saturated rings. The zero-order valence-electron chi connectivity index (χ0n) is 10.8. The molecule has 1 heterocycles. The average molecular weight is 236 g/mol. The number of likely N-dealkylation sites (tertiary alicyclic amines) is 1. The normalized spacial score (nSPS) is 32.1. The maximum Gasteiger partial charge on any atom is 0.410 e. The minimum Gasteiger partial charge on any atom is -0.444 e. The number of rotatable bonds is 0. The minimum absolute atomic E-state index is 0.200. The number of hydrogen-bond donors (Lipinski definition) is 0. The van der Waals surface area contributed by atoms with Crippen molar-refractivity contribution in [3.05, 3.63) is 0 Å². The van der Waals surface area contributed by atoms with Gasteiger partial charge in [0.15, 0.2) is 0 Å². The molecule has 1 aliphatic heterocycles. The molecule has 0 bridgehead atoms. The molecular formula is C13H20N2O2. The first-order valence-corrected chi connectivity index (χ1v) is 6.26. The molecule has 0 spiro atoms. The number of nitrogens with zero attached hydrogens (tertiary/aromatic N) is 2. The maximum absolute atomic E-state index is 11.9. The predicted molar refractivity (Wildman–Crippen MR) is 63.1 cm³/mol. The van der Waals surface area contributed by atoms with E-state index in [-0.39, 0.29) is 12.0 Å². The SMILES string of the molecule is CC(C)(C)OC(=O)N1C[C@H]2C[C@H](C#N)C[C@H]2C1. The van der Waals surface area contributed by atoms with Gasteiger partial charge in [-0.15, -0.1) is 0 Å². The molecule has 2 aliphatic rings. The van der Waals surface area contributed by atoms with E-state index >= 15 is 0 Å². The van der Waals surface area contributed by atoms with Crippen molar-refractivity contribution in [1.29, 1.82) is 5.26 Å². The first kappa shape index (κ1) is 12.2. The fourth-order valence-electron chi connectivity index (χ4n) is 2.88. The summed E-state index contributed by atoms with van der Waals surface area (Å²) in [5, 5.41) is 8.89. The predicted octanol–water partition coefficient (Wildman–Crippen LogP) is 2.40. The molecule has 17 heavy (non-hydrogen) atoms. The molecule has 0 N–H and O–H groups in total. The van der Waals surface area contributed by atoms with Gasteiger partial charge >= 0.3 is 6.09 Å². The summed E-state index contributed by atoms with van der Waals surface area (Å²) in [5.41, 5.74) is -0.427. The highest BCUT2D eigenvalue weighted by Gasteiger charge is 2.43. The van der Waals surface area contributed by atoms with E-state index in [2.05, 4.69) is 6.07 Å². The molecule has 0 unspecified atom stereocenters. The summed E-state index contributed by atoms with van der Waals surface area (Å²) >= 11 is 0. The number of nitriles is 1. The van der Waals surface area contributed by atoms with E-state index in [0.29, 0.717) is 11.8 Å². The van der Waals surface area contributed by atoms with Crippen LogP contribution in [0.5, 0.6) is 0 Å². The van der Waals surface area contributed by atoms with Crippen LogP contribution in [0.2, 0.25) is 0 Å². The Morgan fingerprint density at radius 3 is 2.24 bits per heavy atom. The van der Waals surface area contributed by atoms with Crippen LogP contribution in [0.25, 0.3) is 0 Å². The maximum atomic E-state index is 11.9. The largest absolute Gasteiger partial charge is 0.444 e. The van der Waals surface area contributed by atoms with E-state index < -0.39 is 5.60 Å². The highest BCUT2D eigenvalue weighted by Crippen LogP contribution is 2.41. The van der Waals surface area contributed by atoms with Gasteiger partial charge in [-0.2, -0.15) is 5.26 Å². The Labute approximate surface area is 103 Å². The average Bonchev–Trinajstić information content (AvgIpc) is 2.70. The second-order valence-corrected chi connectivity index (χ2v) is 6.20. The Morgan fingerprint density at radius 1 is 1.29 bits per heavy atom. The standard InChI is InChI=1S/C13H20N2O2/c1-13(2,3)17-12(16)15-7-10-4-9(6-14)5-11(10)8-15/h9-11H,4-5,7-8H2,1-3H3/t9-,10+,11-. The van der Waals surface area contributed by atoms with Gasteiger partial charge in [0.1, 0.15) is 5.60 Å². The first-order valence-electron chi connectivity index (χ1n) is 6.26. The third kappa shape index (κ3) is 2.71. The van der Waals surface area contributed by atoms with Crippen LogP contribution in [0.4, 0.5) is 4.79 Å². The number of amides is 1. The van der Waals surface area contributed by atoms with Gasteiger partial charge in [0, 0.05) is 19.0 Å². The summed E-state index contributed by atoms with van der Waals surface area (Å²) in [7, 11) is 0. The number of hydrogen-bond acceptors (Lipinski definition) is 3. The van der Waals surface area contributed by atoms with Crippen LogP contribution in [0.3, 0.4) is 0 Å². The van der Waals surface area contributed by atoms with Crippen LogP contribution in [0.15, 0.2) is 0 Å². The van der Waals surface area contributed by atoms with E-state index in [4.69, 9.17) is 10.00 Å². The zero-order chi connectivity index (χ0) is 12.6. The van der Waals surface area contributed by atoms with Crippen LogP contribution in [0.1, 0.15) is 33.6 Å². The van der Waals surface area contributed by atoms with Crippen molar-refractivity contribution in [3.63, 3.8) is 0 Å². The Hall–Kier alpha value is -1.24. The second-order valence-electron chi connectivity index (χ2n) is 6.20. The fourth-order valence-corrected chi connectivity index (χ4v) is 2.88. The number of fused-ring (bicyclic) bond motifs is 1. The molecule has 3 atom stereocenters. The van der Waals surface area contributed by atoms with Crippen LogP contribution in [-0.4, -0.2) is 29.7 Å². The van der Waals surface area contributed by atoms with Crippen LogP contribution < -0.4 is 0 Å². The number of carbonyl (C=O) groups is 1. The molecule has 1 saturated heterocycles. The van der Waals surface area contributed by atoms with Crippen molar-refractivity contribution in [2.75, 3.05) is 13.1 Å². The van der Waals surface area contributed by atoms with Crippen molar-refractivity contribution >= 4 is 6.09 Å². The summed E-state index contributed by atoms with van der Waals surface area (Å²) in [6.45, 7) is 7.17. The second kappa shape index (κ2) is 4.21. The first-order chi connectivity index (χ1) is 7.89. The summed E-state index contributed by atoms with van der Waals surface area (Å²) in [4.78, 5) is 13.7. The lowest BCUT2D eigenvalue weighted by molar-refractivity contribution is 0.0279. The van der Waals surface area contributed by atoms with E-state index in [1.165, 1.54) is 0 Å². The van der Waals surface area contributed by atoms with Gasteiger partial charge in [0.2, 0.25) is 0 Å². The zero-order valence-corrected chi connectivity index (χ0v) is 10.8. The summed E-state index contributed by atoms with van der Waals surface area (Å²) in [6, 6.07) is 2.34. The third-order valence-corrected chi connectivity index (χ3v) is 3.59. The van der Waals surface area contributed by atoms with Gasteiger partial charge in [0.25, 0.3) is 0 Å². The number of carbonyl (C=O) groups excluding carboxylic acids is 1. The molecule has 1 aliphatic carbocycles. The van der Waals surface area contributed by atoms with Crippen molar-refractivity contribution in [1.82, 2.24) is 4.90 Å². The molecule has 2 rings (SSSR count). The van der Waals surface area contributed by atoms with Gasteiger partial charge in [-0.25, -0.2) is 4.79 Å². The lowest BCUT2D eigenvalue weighted by atomic mass is 10.0. The van der Waals surface area contributed by atoms with Gasteiger partial charge in [-0.3, -0.25) is 0 Å². The van der Waals surface area contributed by atoms with Crippen molar-refractivity contribution in [2.24, 2.45) is 17.8 Å². The summed E-state index contributed by atoms with van der Waals surface area (Å²) in [5.74, 6) is 1.21. The number of ether oxygens (including phenoxy) is 1. The van der Waals surface area contributed by atoms with E-state index in [1.807, 2.05) is 20.8 Å². The topological polar surface area (TPSA) is 53.3 Å². The van der Waals surface area contributed by atoms with Crippen molar-refractivity contribution in [2.45, 2.75) is 39.2 Å². The smallest absolute Gasteiger partial charge is 0.410 e. The molecule has 0 aromatic carbocycles. The lowest BCUT2D eigenvalue weighted by Crippen LogP contribution is -2.36. The molecule has 1 amide bonds. The van der Waals surface area contributed by atoms with Crippen molar-refractivity contribution < 1.29 is 9.53 Å². The van der Waals surface area contributed by atoms with E-state index in [0.717, 1.165) is 25.9 Å². The van der Waals surface area contributed by atoms with Gasteiger partial charge < -0.3 is 9.64 Å². The van der Waals surface area contributed by atoms with Gasteiger partial charge in [-0.1, -0.05) is 0 Å². The quantitative estimate of drug-likeness (QED) is 0.649. The lowest BCUT2D eigenvalue weighted by Gasteiger charge is -2.25. The van der Waals surface area contributed by atoms with Crippen LogP contribution in [-0.2, 0) is 4.74 Å². The summed E-state index contributed by atoms with van der Waals surface area (Å²) in [6.07, 6.45) is 1.68. The third-order valence-electron chi connectivity index (χ3n) is 3.59. The minimum atomic E-state index is -0.427. The Kier molecular flexibility index (Phi) is 3.03.